The van der Waals surface area contributed by atoms with Crippen molar-refractivity contribution in [1.29, 1.82) is 0 Å². The van der Waals surface area contributed by atoms with Crippen molar-refractivity contribution in [2.75, 3.05) is 0 Å². The number of unbranched alkanes of at least 4 members (excludes halogenated alkanes) is 54. The Morgan fingerprint density at radius 2 is 0.370 bits per heavy atom. The summed E-state index contributed by atoms with van der Waals surface area (Å²) in [6.07, 6.45) is 79.0. The van der Waals surface area contributed by atoms with Gasteiger partial charge in [-0.25, -0.2) is 16.8 Å². The molecule has 0 radical (unpaired) electrons. The van der Waals surface area contributed by atoms with Crippen LogP contribution in [0.4, 0.5) is 0 Å². The summed E-state index contributed by atoms with van der Waals surface area (Å²) in [5.41, 5.74) is 1.35. The van der Waals surface area contributed by atoms with Crippen molar-refractivity contribution in [1.82, 2.24) is 0 Å². The first kappa shape index (κ1) is 80.5. The molecule has 0 aliphatic rings. The molecule has 468 valence electrons. The average Bonchev–Trinajstić information content (AvgIpc) is 3.45. The Hall–Kier alpha value is -0.480. The smallest absolute Gasteiger partial charge is 0.744 e. The van der Waals surface area contributed by atoms with Crippen LogP contribution >= 0.6 is 0 Å². The molecule has 6 nitrogen and oxygen atoms in total. The molecule has 0 bridgehead atoms. The minimum absolute atomic E-state index is 0. The SMILES string of the molecule is CCCCCCCCCCCCCCCCCCCCCCCCCCCCCCc1ccccc1S(=O)(=O)[O-].CCCCCCCCCCCCCCCCCCCCCCCCCCCCCCc1ccccc1S(=O)(=O)[O-].[Ca+2]. The molecule has 81 heavy (non-hydrogen) atoms. The van der Waals surface area contributed by atoms with E-state index in [-0.39, 0.29) is 47.5 Å². The fraction of sp³-hybridized carbons (Fsp3) is 0.833. The third-order valence-corrected chi connectivity index (χ3v) is 19.0. The minimum atomic E-state index is -4.36. The van der Waals surface area contributed by atoms with Gasteiger partial charge in [0.2, 0.25) is 0 Å². The summed E-state index contributed by atoms with van der Waals surface area (Å²) in [4.78, 5) is -0.0833. The molecule has 0 atom stereocenters. The number of hydrogen-bond donors (Lipinski definition) is 0. The zero-order chi connectivity index (χ0) is 58.0. The molecule has 0 aromatic heterocycles. The van der Waals surface area contributed by atoms with E-state index in [0.717, 1.165) is 25.7 Å². The minimum Gasteiger partial charge on any atom is -0.744 e. The molecule has 0 fully saturated rings. The van der Waals surface area contributed by atoms with Crippen LogP contribution in [0.15, 0.2) is 58.3 Å². The third kappa shape index (κ3) is 54.6. The number of hydrogen-bond acceptors (Lipinski definition) is 6. The van der Waals surface area contributed by atoms with Crippen LogP contribution in [0.2, 0.25) is 0 Å². The van der Waals surface area contributed by atoms with E-state index in [1.807, 2.05) is 12.1 Å². The van der Waals surface area contributed by atoms with Crippen molar-refractivity contribution in [3.05, 3.63) is 59.7 Å². The summed E-state index contributed by atoms with van der Waals surface area (Å²) < 4.78 is 68.1. The molecule has 0 spiro atoms. The number of rotatable bonds is 60. The van der Waals surface area contributed by atoms with Gasteiger partial charge in [-0.2, -0.15) is 0 Å². The van der Waals surface area contributed by atoms with Crippen LogP contribution in [-0.2, 0) is 33.1 Å². The van der Waals surface area contributed by atoms with Gasteiger partial charge in [-0.05, 0) is 48.9 Å². The standard InChI is InChI=1S/2C36H66O3S.Ca/c2*1-2-3-4-5-6-7-8-9-10-11-12-13-14-15-16-17-18-19-20-21-22-23-24-25-26-27-28-29-32-35-33-30-31-34-36(35)40(37,38)39;/h2*30-31,33-34H,2-29,32H2,1H3,(H,37,38,39);/q;;+2/p-2. The maximum absolute atomic E-state index is 11.4. The summed E-state index contributed by atoms with van der Waals surface area (Å²) in [5.74, 6) is 0. The Balaban J connectivity index is 0.00000156. The van der Waals surface area contributed by atoms with E-state index in [2.05, 4.69) is 13.8 Å². The molecule has 0 aliphatic heterocycles. The Labute approximate surface area is 535 Å². The van der Waals surface area contributed by atoms with Gasteiger partial charge in [0.05, 0.1) is 9.79 Å². The van der Waals surface area contributed by atoms with E-state index in [1.165, 1.54) is 346 Å². The normalized spacial score (nSPS) is 11.7. The van der Waals surface area contributed by atoms with Gasteiger partial charge in [0.1, 0.15) is 20.2 Å². The van der Waals surface area contributed by atoms with E-state index in [9.17, 15) is 25.9 Å². The van der Waals surface area contributed by atoms with E-state index in [4.69, 9.17) is 0 Å². The van der Waals surface area contributed by atoms with Crippen molar-refractivity contribution in [2.45, 2.75) is 396 Å². The Morgan fingerprint density at radius 3 is 0.519 bits per heavy atom. The molecular weight excluding hydrogens is 1060 g/mol. The van der Waals surface area contributed by atoms with Crippen LogP contribution in [0, 0.1) is 0 Å². The van der Waals surface area contributed by atoms with Crippen molar-refractivity contribution >= 4 is 58.0 Å². The van der Waals surface area contributed by atoms with Crippen LogP contribution in [0.3, 0.4) is 0 Å². The van der Waals surface area contributed by atoms with Crippen LogP contribution < -0.4 is 0 Å². The van der Waals surface area contributed by atoms with Gasteiger partial charge in [-0.1, -0.05) is 397 Å². The molecule has 0 heterocycles. The average molecular weight is 1200 g/mol. The van der Waals surface area contributed by atoms with Crippen LogP contribution in [0.5, 0.6) is 0 Å². The van der Waals surface area contributed by atoms with Crippen molar-refractivity contribution in [3.63, 3.8) is 0 Å². The molecule has 0 unspecified atom stereocenters. The molecule has 9 heteroatoms. The van der Waals surface area contributed by atoms with E-state index in [0.29, 0.717) is 24.0 Å². The first-order valence-electron chi connectivity index (χ1n) is 35.2. The first-order chi connectivity index (χ1) is 39.1. The van der Waals surface area contributed by atoms with Gasteiger partial charge >= 0.3 is 37.7 Å². The third-order valence-electron chi connectivity index (χ3n) is 17.1. The summed E-state index contributed by atoms with van der Waals surface area (Å²) in [7, 11) is -8.73. The van der Waals surface area contributed by atoms with Crippen molar-refractivity contribution in [2.24, 2.45) is 0 Å². The number of benzene rings is 2. The van der Waals surface area contributed by atoms with Gasteiger partial charge in [0, 0.05) is 0 Å². The van der Waals surface area contributed by atoms with Gasteiger partial charge < -0.3 is 9.11 Å². The van der Waals surface area contributed by atoms with Crippen molar-refractivity contribution < 1.29 is 25.9 Å². The molecule has 0 aliphatic carbocycles. The van der Waals surface area contributed by atoms with Crippen molar-refractivity contribution in [3.8, 4) is 0 Å². The first-order valence-corrected chi connectivity index (χ1v) is 38.0. The van der Waals surface area contributed by atoms with E-state index >= 15 is 0 Å². The second kappa shape index (κ2) is 61.2. The Kier molecular flexibility index (Phi) is 60.8. The molecule has 2 rings (SSSR count). The predicted octanol–water partition coefficient (Wildman–Crippen LogP) is 23.8. The zero-order valence-electron chi connectivity index (χ0n) is 53.6. The van der Waals surface area contributed by atoms with Gasteiger partial charge in [0.25, 0.3) is 0 Å². The molecule has 0 amide bonds. The fourth-order valence-corrected chi connectivity index (χ4v) is 13.4. The number of aryl methyl sites for hydroxylation is 2. The zero-order valence-corrected chi connectivity index (χ0v) is 57.4. The van der Waals surface area contributed by atoms with Crippen LogP contribution in [0.1, 0.15) is 385 Å². The largest absolute Gasteiger partial charge is 2.00 e. The van der Waals surface area contributed by atoms with Crippen LogP contribution in [0.25, 0.3) is 0 Å². The van der Waals surface area contributed by atoms with E-state index < -0.39 is 20.2 Å². The van der Waals surface area contributed by atoms with Gasteiger partial charge in [-0.15, -0.1) is 0 Å². The molecule has 2 aromatic rings. The summed E-state index contributed by atoms with van der Waals surface area (Å²) in [5, 5.41) is 0. The molecular formula is C72H130CaO6S2. The van der Waals surface area contributed by atoms with E-state index in [1.54, 1.807) is 24.3 Å². The topological polar surface area (TPSA) is 114 Å². The maximum atomic E-state index is 11.4. The van der Waals surface area contributed by atoms with Gasteiger partial charge in [-0.3, -0.25) is 0 Å². The second-order valence-electron chi connectivity index (χ2n) is 24.7. The predicted molar refractivity (Wildman–Crippen MR) is 352 cm³/mol. The Bertz CT molecular complexity index is 1690. The molecule has 0 saturated heterocycles. The summed E-state index contributed by atoms with van der Waals surface area (Å²) in [6, 6.07) is 13.3. The van der Waals surface area contributed by atoms with Gasteiger partial charge in [0.15, 0.2) is 0 Å². The molecule has 2 aromatic carbocycles. The monoisotopic (exact) mass is 1190 g/mol. The van der Waals surface area contributed by atoms with Crippen LogP contribution in [-0.4, -0.2) is 63.7 Å². The quantitative estimate of drug-likeness (QED) is 0.0370. The second-order valence-corrected chi connectivity index (χ2v) is 27.4. The Morgan fingerprint density at radius 1 is 0.235 bits per heavy atom. The fourth-order valence-electron chi connectivity index (χ4n) is 11.9. The molecule has 0 saturated carbocycles. The summed E-state index contributed by atoms with van der Waals surface area (Å²) >= 11 is 0. The summed E-state index contributed by atoms with van der Waals surface area (Å²) in [6.45, 7) is 4.59. The molecule has 0 N–H and O–H groups in total. The maximum Gasteiger partial charge on any atom is 2.00 e.